The van der Waals surface area contributed by atoms with Crippen molar-refractivity contribution in [1.29, 1.82) is 0 Å². The third-order valence-electron chi connectivity index (χ3n) is 9.88. The van der Waals surface area contributed by atoms with E-state index in [9.17, 15) is 0 Å². The molecule has 0 atom stereocenters. The Labute approximate surface area is 299 Å². The molecule has 0 fully saturated rings. The van der Waals surface area contributed by atoms with Gasteiger partial charge in [0.2, 0.25) is 0 Å². The Bertz CT molecular complexity index is 2570. The highest BCUT2D eigenvalue weighted by molar-refractivity contribution is 6.10. The average molecular weight is 653 g/mol. The Morgan fingerprint density at radius 2 is 0.882 bits per heavy atom. The van der Waals surface area contributed by atoms with Crippen LogP contribution >= 0.6 is 0 Å². The second kappa shape index (κ2) is 13.3. The van der Waals surface area contributed by atoms with Crippen LogP contribution in [0.4, 0.5) is 11.4 Å². The third-order valence-corrected chi connectivity index (χ3v) is 9.88. The molecule has 0 saturated heterocycles. The molecule has 0 aliphatic rings. The van der Waals surface area contributed by atoms with Crippen LogP contribution < -0.4 is 4.90 Å². The molecule has 1 aromatic heterocycles. The Balaban J connectivity index is 1.17. The van der Waals surface area contributed by atoms with Crippen LogP contribution in [0.1, 0.15) is 5.56 Å². The molecule has 0 radical (unpaired) electrons. The molecule has 0 N–H and O–H groups in total. The van der Waals surface area contributed by atoms with Gasteiger partial charge in [0.25, 0.3) is 0 Å². The fourth-order valence-corrected chi connectivity index (χ4v) is 7.34. The average Bonchev–Trinajstić information content (AvgIpc) is 3.55. The predicted octanol–water partition coefficient (Wildman–Crippen LogP) is 13.1. The van der Waals surface area contributed by atoms with Gasteiger partial charge in [-0.1, -0.05) is 164 Å². The van der Waals surface area contributed by atoms with Crippen molar-refractivity contribution in [3.8, 4) is 39.1 Å². The summed E-state index contributed by atoms with van der Waals surface area (Å²) in [4.78, 5) is 2.47. The number of nitrogens with zero attached hydrogens (tertiary/aromatic N) is 2. The number of hydrogen-bond donors (Lipinski definition) is 0. The van der Waals surface area contributed by atoms with E-state index in [0.29, 0.717) is 0 Å². The summed E-state index contributed by atoms with van der Waals surface area (Å²) < 4.78 is 2.40. The van der Waals surface area contributed by atoms with Crippen LogP contribution in [0, 0.1) is 0 Å². The van der Waals surface area contributed by atoms with Crippen molar-refractivity contribution < 1.29 is 0 Å². The van der Waals surface area contributed by atoms with Gasteiger partial charge in [-0.25, -0.2) is 0 Å². The molecule has 0 saturated carbocycles. The van der Waals surface area contributed by atoms with Crippen molar-refractivity contribution in [3.63, 3.8) is 0 Å². The fraction of sp³-hybridized carbons (Fsp3) is 0.0204. The lowest BCUT2D eigenvalue weighted by atomic mass is 10.0. The van der Waals surface area contributed by atoms with E-state index in [2.05, 4.69) is 216 Å². The molecule has 8 aromatic carbocycles. The van der Waals surface area contributed by atoms with Gasteiger partial charge in [0.1, 0.15) is 0 Å². The second-order valence-electron chi connectivity index (χ2n) is 13.0. The zero-order chi connectivity index (χ0) is 34.0. The molecule has 242 valence electrons. The van der Waals surface area contributed by atoms with Crippen LogP contribution in [0.5, 0.6) is 0 Å². The normalized spacial score (nSPS) is 11.2. The second-order valence-corrected chi connectivity index (χ2v) is 13.0. The highest BCUT2D eigenvalue weighted by atomic mass is 15.1. The highest BCUT2D eigenvalue weighted by Crippen LogP contribution is 2.40. The predicted molar refractivity (Wildman–Crippen MR) is 216 cm³/mol. The lowest BCUT2D eigenvalue weighted by Gasteiger charge is -2.28. The quantitative estimate of drug-likeness (QED) is 0.159. The van der Waals surface area contributed by atoms with Gasteiger partial charge in [-0.15, -0.1) is 0 Å². The highest BCUT2D eigenvalue weighted by Gasteiger charge is 2.19. The molecule has 2 heteroatoms. The number of anilines is 2. The topological polar surface area (TPSA) is 8.17 Å². The maximum Gasteiger partial charge on any atom is 0.0542 e. The third kappa shape index (κ3) is 5.88. The molecule has 0 aliphatic heterocycles. The Morgan fingerprint density at radius 1 is 0.373 bits per heavy atom. The standard InChI is InChI=1S/C49H36N2/c1-4-14-37(15-5-1)39-26-24-36(25-27-39)35-50(47-22-12-10-20-44(47)41-18-8-3-9-19-41)43-32-33-49-46(34-43)45-21-11-13-23-48(45)51(49)42-30-28-40(29-31-42)38-16-6-2-7-17-38/h1-34H,35H2. The number of fused-ring (bicyclic) bond motifs is 3. The molecule has 1 heterocycles. The summed E-state index contributed by atoms with van der Waals surface area (Å²) in [5, 5.41) is 2.47. The van der Waals surface area contributed by atoms with Gasteiger partial charge in [-0.3, -0.25) is 0 Å². The summed E-state index contributed by atoms with van der Waals surface area (Å²) in [6.07, 6.45) is 0. The van der Waals surface area contributed by atoms with Crippen molar-refractivity contribution >= 4 is 33.2 Å². The number of hydrogen-bond acceptors (Lipinski definition) is 1. The van der Waals surface area contributed by atoms with E-state index in [-0.39, 0.29) is 0 Å². The monoisotopic (exact) mass is 652 g/mol. The van der Waals surface area contributed by atoms with E-state index in [4.69, 9.17) is 0 Å². The summed E-state index contributed by atoms with van der Waals surface area (Å²) >= 11 is 0. The summed E-state index contributed by atoms with van der Waals surface area (Å²) in [7, 11) is 0. The van der Waals surface area contributed by atoms with Crippen LogP contribution in [0.3, 0.4) is 0 Å². The van der Waals surface area contributed by atoms with Crippen molar-refractivity contribution in [2.24, 2.45) is 0 Å². The molecule has 0 amide bonds. The Hall–Kier alpha value is -6.64. The maximum atomic E-state index is 2.47. The van der Waals surface area contributed by atoms with Gasteiger partial charge < -0.3 is 9.47 Å². The minimum absolute atomic E-state index is 0.726. The van der Waals surface area contributed by atoms with E-state index in [1.54, 1.807) is 0 Å². The smallest absolute Gasteiger partial charge is 0.0542 e. The molecular formula is C49H36N2. The Morgan fingerprint density at radius 3 is 1.55 bits per heavy atom. The van der Waals surface area contributed by atoms with Crippen molar-refractivity contribution in [2.75, 3.05) is 4.90 Å². The first-order valence-electron chi connectivity index (χ1n) is 17.6. The zero-order valence-corrected chi connectivity index (χ0v) is 28.2. The van der Waals surface area contributed by atoms with E-state index in [0.717, 1.165) is 17.9 Å². The van der Waals surface area contributed by atoms with E-state index >= 15 is 0 Å². The lowest BCUT2D eigenvalue weighted by Crippen LogP contribution is -2.17. The van der Waals surface area contributed by atoms with E-state index in [1.165, 1.54) is 66.4 Å². The molecule has 0 aliphatic carbocycles. The van der Waals surface area contributed by atoms with Crippen LogP contribution in [0.2, 0.25) is 0 Å². The number of rotatable bonds is 8. The minimum atomic E-state index is 0.726. The summed E-state index contributed by atoms with van der Waals surface area (Å²) in [6.45, 7) is 0.726. The van der Waals surface area contributed by atoms with Crippen molar-refractivity contribution in [3.05, 3.63) is 212 Å². The van der Waals surface area contributed by atoms with Crippen molar-refractivity contribution in [2.45, 2.75) is 6.54 Å². The SMILES string of the molecule is c1ccc(-c2ccc(CN(c3ccc4c(c3)c3ccccc3n4-c3ccc(-c4ccccc4)cc3)c3ccccc3-c3ccccc3)cc2)cc1. The maximum absolute atomic E-state index is 2.47. The zero-order valence-electron chi connectivity index (χ0n) is 28.2. The van der Waals surface area contributed by atoms with E-state index in [1.807, 2.05) is 0 Å². The lowest BCUT2D eigenvalue weighted by molar-refractivity contribution is 0.978. The number of para-hydroxylation sites is 2. The van der Waals surface area contributed by atoms with Crippen LogP contribution in [0.15, 0.2) is 206 Å². The number of aromatic nitrogens is 1. The van der Waals surface area contributed by atoms with Gasteiger partial charge in [0, 0.05) is 39.9 Å². The van der Waals surface area contributed by atoms with Gasteiger partial charge in [0.05, 0.1) is 11.0 Å². The van der Waals surface area contributed by atoms with Gasteiger partial charge in [0.15, 0.2) is 0 Å². The molecule has 0 unspecified atom stereocenters. The van der Waals surface area contributed by atoms with Gasteiger partial charge in [-0.2, -0.15) is 0 Å². The minimum Gasteiger partial charge on any atom is -0.336 e. The van der Waals surface area contributed by atoms with Gasteiger partial charge >= 0.3 is 0 Å². The molecular weight excluding hydrogens is 617 g/mol. The van der Waals surface area contributed by atoms with Crippen LogP contribution in [0.25, 0.3) is 60.9 Å². The summed E-state index contributed by atoms with van der Waals surface area (Å²) in [5.41, 5.74) is 14.4. The van der Waals surface area contributed by atoms with E-state index < -0.39 is 0 Å². The van der Waals surface area contributed by atoms with Gasteiger partial charge in [-0.05, 0) is 75.8 Å². The molecule has 51 heavy (non-hydrogen) atoms. The molecule has 0 spiro atoms. The van der Waals surface area contributed by atoms with Crippen LogP contribution in [-0.4, -0.2) is 4.57 Å². The molecule has 0 bridgehead atoms. The van der Waals surface area contributed by atoms with Crippen LogP contribution in [-0.2, 0) is 6.54 Å². The summed E-state index contributed by atoms with van der Waals surface area (Å²) in [5.74, 6) is 0. The molecule has 9 aromatic rings. The Kier molecular flexibility index (Phi) is 7.96. The first kappa shape index (κ1) is 30.4. The number of benzene rings is 8. The first-order valence-corrected chi connectivity index (χ1v) is 17.6. The molecule has 2 nitrogen and oxygen atoms in total. The largest absolute Gasteiger partial charge is 0.336 e. The summed E-state index contributed by atoms with van der Waals surface area (Å²) in [6, 6.07) is 74.3. The fourth-order valence-electron chi connectivity index (χ4n) is 7.34. The van der Waals surface area contributed by atoms with Crippen molar-refractivity contribution in [1.82, 2.24) is 4.57 Å². The first-order chi connectivity index (χ1) is 25.3. The molecule has 9 rings (SSSR count).